The van der Waals surface area contributed by atoms with Crippen molar-refractivity contribution in [2.45, 2.75) is 19.6 Å². The molecule has 1 aromatic carbocycles. The van der Waals surface area contributed by atoms with Gasteiger partial charge in [0.2, 0.25) is 5.95 Å². The van der Waals surface area contributed by atoms with E-state index in [-0.39, 0.29) is 0 Å². The van der Waals surface area contributed by atoms with Crippen LogP contribution in [0.25, 0.3) is 0 Å². The minimum Gasteiger partial charge on any atom is -0.478 e. The molecule has 1 N–H and O–H groups in total. The lowest BCUT2D eigenvalue weighted by molar-refractivity contribution is 0.0696. The first-order valence-electron chi connectivity index (χ1n) is 7.08. The van der Waals surface area contributed by atoms with E-state index in [2.05, 4.69) is 14.9 Å². The molecule has 1 aromatic heterocycles. The molecule has 0 spiro atoms. The number of carboxylic acid groups (broad SMARTS) is 1. The summed E-state index contributed by atoms with van der Waals surface area (Å²) < 4.78 is 0. The Hall–Kier alpha value is -2.47. The van der Waals surface area contributed by atoms with Crippen LogP contribution in [0, 0.1) is 0 Å². The molecule has 114 valence electrons. The number of fused-ring (bicyclic) bond motifs is 1. The summed E-state index contributed by atoms with van der Waals surface area (Å²) in [5, 5.41) is 9.05. The van der Waals surface area contributed by atoms with Crippen LogP contribution in [0.4, 0.5) is 5.95 Å². The van der Waals surface area contributed by atoms with Crippen LogP contribution in [0.15, 0.2) is 30.6 Å². The van der Waals surface area contributed by atoms with E-state index in [1.165, 1.54) is 5.56 Å². The largest absolute Gasteiger partial charge is 0.478 e. The van der Waals surface area contributed by atoms with Gasteiger partial charge in [-0.3, -0.25) is 4.90 Å². The Morgan fingerprint density at radius 3 is 2.55 bits per heavy atom. The van der Waals surface area contributed by atoms with Crippen LogP contribution >= 0.6 is 0 Å². The molecular formula is C16H18N4O2. The van der Waals surface area contributed by atoms with E-state index in [1.807, 2.05) is 37.5 Å². The van der Waals surface area contributed by atoms with E-state index in [0.717, 1.165) is 30.8 Å². The molecule has 0 amide bonds. The van der Waals surface area contributed by atoms with Crippen molar-refractivity contribution in [2.24, 2.45) is 0 Å². The highest BCUT2D eigenvalue weighted by Gasteiger charge is 2.20. The summed E-state index contributed by atoms with van der Waals surface area (Å²) in [7, 11) is 3.82. The van der Waals surface area contributed by atoms with Crippen LogP contribution in [0.3, 0.4) is 0 Å². The van der Waals surface area contributed by atoms with Gasteiger partial charge >= 0.3 is 5.97 Å². The van der Waals surface area contributed by atoms with E-state index in [1.54, 1.807) is 12.1 Å². The van der Waals surface area contributed by atoms with Gasteiger partial charge in [-0.15, -0.1) is 0 Å². The molecule has 0 atom stereocenters. The highest BCUT2D eigenvalue weighted by atomic mass is 16.4. The van der Waals surface area contributed by atoms with Gasteiger partial charge < -0.3 is 10.0 Å². The zero-order valence-corrected chi connectivity index (χ0v) is 12.7. The molecule has 0 saturated carbocycles. The van der Waals surface area contributed by atoms with Crippen LogP contribution in [-0.2, 0) is 19.6 Å². The van der Waals surface area contributed by atoms with Gasteiger partial charge in [0.25, 0.3) is 0 Å². The third kappa shape index (κ3) is 2.92. The number of aromatic carboxylic acids is 1. The predicted molar refractivity (Wildman–Crippen MR) is 82.7 cm³/mol. The normalized spacial score (nSPS) is 13.9. The minimum atomic E-state index is -0.881. The van der Waals surface area contributed by atoms with E-state index in [9.17, 15) is 4.79 Å². The van der Waals surface area contributed by atoms with Crippen molar-refractivity contribution in [2.75, 3.05) is 19.0 Å². The molecule has 0 radical (unpaired) electrons. The SMILES string of the molecule is CN(C)c1ncc(CN2Cc3ccc(C(=O)O)cc3C2)cn1. The number of hydrogen-bond acceptors (Lipinski definition) is 5. The molecule has 6 nitrogen and oxygen atoms in total. The first kappa shape index (κ1) is 14.5. The van der Waals surface area contributed by atoms with Crippen molar-refractivity contribution in [1.82, 2.24) is 14.9 Å². The Morgan fingerprint density at radius 2 is 1.91 bits per heavy atom. The predicted octanol–water partition coefficient (Wildman–Crippen LogP) is 1.76. The highest BCUT2D eigenvalue weighted by molar-refractivity contribution is 5.87. The lowest BCUT2D eigenvalue weighted by Crippen LogP contribution is -2.17. The van der Waals surface area contributed by atoms with Crippen molar-refractivity contribution >= 4 is 11.9 Å². The topological polar surface area (TPSA) is 69.6 Å². The quantitative estimate of drug-likeness (QED) is 0.927. The molecule has 0 bridgehead atoms. The van der Waals surface area contributed by atoms with Gasteiger partial charge in [0, 0.05) is 51.7 Å². The van der Waals surface area contributed by atoms with Crippen LogP contribution < -0.4 is 4.90 Å². The number of hydrogen-bond donors (Lipinski definition) is 1. The molecule has 0 saturated heterocycles. The van der Waals surface area contributed by atoms with E-state index < -0.39 is 5.97 Å². The van der Waals surface area contributed by atoms with Crippen molar-refractivity contribution < 1.29 is 9.90 Å². The molecule has 1 aliphatic rings. The Labute approximate surface area is 129 Å². The zero-order valence-electron chi connectivity index (χ0n) is 12.7. The molecule has 0 fully saturated rings. The van der Waals surface area contributed by atoms with Gasteiger partial charge in [0.15, 0.2) is 0 Å². The Balaban J connectivity index is 1.69. The number of carbonyl (C=O) groups is 1. The number of benzene rings is 1. The Bertz CT molecular complexity index is 698. The maximum atomic E-state index is 11.0. The van der Waals surface area contributed by atoms with Gasteiger partial charge in [-0.1, -0.05) is 6.07 Å². The van der Waals surface area contributed by atoms with Gasteiger partial charge in [-0.25, -0.2) is 14.8 Å². The number of rotatable bonds is 4. The van der Waals surface area contributed by atoms with Crippen molar-refractivity contribution in [3.05, 3.63) is 52.8 Å². The van der Waals surface area contributed by atoms with Crippen LogP contribution in [0.2, 0.25) is 0 Å². The second-order valence-corrected chi connectivity index (χ2v) is 5.72. The summed E-state index contributed by atoms with van der Waals surface area (Å²) in [4.78, 5) is 23.8. The monoisotopic (exact) mass is 298 g/mol. The fourth-order valence-corrected chi connectivity index (χ4v) is 2.63. The van der Waals surface area contributed by atoms with Crippen LogP contribution in [-0.4, -0.2) is 40.0 Å². The molecule has 0 aliphatic carbocycles. The second kappa shape index (κ2) is 5.73. The van der Waals surface area contributed by atoms with Crippen molar-refractivity contribution in [3.8, 4) is 0 Å². The Kier molecular flexibility index (Phi) is 3.77. The molecule has 1 aliphatic heterocycles. The standard InChI is InChI=1S/C16H18N4O2/c1-19(2)16-17-6-11(7-18-16)8-20-9-13-4-3-12(15(21)22)5-14(13)10-20/h3-7H,8-10H2,1-2H3,(H,21,22). The summed E-state index contributed by atoms with van der Waals surface area (Å²) in [6.45, 7) is 2.33. The molecule has 6 heteroatoms. The lowest BCUT2D eigenvalue weighted by atomic mass is 10.1. The summed E-state index contributed by atoms with van der Waals surface area (Å²) in [6, 6.07) is 5.34. The summed E-state index contributed by atoms with van der Waals surface area (Å²) in [5.74, 6) is -0.187. The smallest absolute Gasteiger partial charge is 0.335 e. The molecule has 3 rings (SSSR count). The number of nitrogens with zero attached hydrogens (tertiary/aromatic N) is 4. The van der Waals surface area contributed by atoms with Crippen molar-refractivity contribution in [3.63, 3.8) is 0 Å². The molecule has 2 aromatic rings. The summed E-state index contributed by atoms with van der Waals surface area (Å²) >= 11 is 0. The maximum absolute atomic E-state index is 11.0. The zero-order chi connectivity index (χ0) is 15.7. The van der Waals surface area contributed by atoms with Crippen LogP contribution in [0.5, 0.6) is 0 Å². The van der Waals surface area contributed by atoms with Crippen LogP contribution in [0.1, 0.15) is 27.0 Å². The molecule has 2 heterocycles. The third-order valence-electron chi connectivity index (χ3n) is 3.74. The summed E-state index contributed by atoms with van der Waals surface area (Å²) in [5.41, 5.74) is 3.68. The minimum absolute atomic E-state index is 0.347. The molecular weight excluding hydrogens is 280 g/mol. The average molecular weight is 298 g/mol. The van der Waals surface area contributed by atoms with Gasteiger partial charge in [-0.2, -0.15) is 0 Å². The number of carboxylic acids is 1. The van der Waals surface area contributed by atoms with Gasteiger partial charge in [-0.05, 0) is 23.3 Å². The Morgan fingerprint density at radius 1 is 1.23 bits per heavy atom. The van der Waals surface area contributed by atoms with E-state index in [4.69, 9.17) is 5.11 Å². The fraction of sp³-hybridized carbons (Fsp3) is 0.312. The highest BCUT2D eigenvalue weighted by Crippen LogP contribution is 2.25. The third-order valence-corrected chi connectivity index (χ3v) is 3.74. The lowest BCUT2D eigenvalue weighted by Gasteiger charge is -2.15. The second-order valence-electron chi connectivity index (χ2n) is 5.72. The number of aromatic nitrogens is 2. The number of anilines is 1. The first-order valence-corrected chi connectivity index (χ1v) is 7.08. The first-order chi connectivity index (χ1) is 10.5. The van der Waals surface area contributed by atoms with Gasteiger partial charge in [0.05, 0.1) is 5.56 Å². The van der Waals surface area contributed by atoms with E-state index >= 15 is 0 Å². The summed E-state index contributed by atoms with van der Waals surface area (Å²) in [6.07, 6.45) is 3.68. The van der Waals surface area contributed by atoms with Gasteiger partial charge in [0.1, 0.15) is 0 Å². The maximum Gasteiger partial charge on any atom is 0.335 e. The molecule has 0 unspecified atom stereocenters. The van der Waals surface area contributed by atoms with E-state index in [0.29, 0.717) is 11.5 Å². The fourth-order valence-electron chi connectivity index (χ4n) is 2.63. The average Bonchev–Trinajstić information content (AvgIpc) is 2.88. The molecule has 22 heavy (non-hydrogen) atoms. The van der Waals surface area contributed by atoms with Crippen molar-refractivity contribution in [1.29, 1.82) is 0 Å².